The first-order chi connectivity index (χ1) is 16.8. The molecular formula is C26H27F3N4OS. The number of hydrogen-bond acceptors (Lipinski definition) is 5. The Morgan fingerprint density at radius 2 is 1.80 bits per heavy atom. The van der Waals surface area contributed by atoms with Crippen LogP contribution in [-0.2, 0) is 17.8 Å². The molecule has 1 N–H and O–H groups in total. The summed E-state index contributed by atoms with van der Waals surface area (Å²) in [6.07, 6.45) is 1.01. The molecule has 1 aliphatic rings. The Kier molecular flexibility index (Phi) is 8.07. The number of carbonyl (C=O) groups excluding carboxylic acids is 1. The molecule has 1 aromatic heterocycles. The van der Waals surface area contributed by atoms with Crippen LogP contribution in [0.2, 0.25) is 0 Å². The Labute approximate surface area is 207 Å². The van der Waals surface area contributed by atoms with E-state index in [4.69, 9.17) is 0 Å². The third kappa shape index (κ3) is 6.82. The van der Waals surface area contributed by atoms with Crippen LogP contribution in [0.15, 0.2) is 53.7 Å². The van der Waals surface area contributed by atoms with Crippen LogP contribution >= 0.6 is 11.8 Å². The molecule has 3 aromatic rings. The molecule has 35 heavy (non-hydrogen) atoms. The zero-order chi connectivity index (χ0) is 24.9. The molecule has 4 rings (SSSR count). The normalized spacial score (nSPS) is 18.1. The van der Waals surface area contributed by atoms with Crippen molar-refractivity contribution in [1.29, 1.82) is 0 Å². The van der Waals surface area contributed by atoms with Crippen LogP contribution < -0.4 is 5.32 Å². The Bertz CT molecular complexity index is 1190. The summed E-state index contributed by atoms with van der Waals surface area (Å²) in [6.45, 7) is 4.76. The van der Waals surface area contributed by atoms with Crippen LogP contribution in [0.4, 0.5) is 13.2 Å². The monoisotopic (exact) mass is 500 g/mol. The van der Waals surface area contributed by atoms with E-state index in [1.807, 2.05) is 24.8 Å². The zero-order valence-corrected chi connectivity index (χ0v) is 20.4. The number of nitrogens with zero attached hydrogens (tertiary/aromatic N) is 3. The summed E-state index contributed by atoms with van der Waals surface area (Å²) in [5, 5.41) is 3.57. The number of likely N-dealkylation sites (tertiary alicyclic amines) is 1. The first-order valence-electron chi connectivity index (χ1n) is 11.5. The minimum atomic E-state index is -0.522. The van der Waals surface area contributed by atoms with Crippen LogP contribution in [-0.4, -0.2) is 45.2 Å². The highest BCUT2D eigenvalue weighted by Crippen LogP contribution is 2.33. The van der Waals surface area contributed by atoms with E-state index >= 15 is 0 Å². The highest BCUT2D eigenvalue weighted by molar-refractivity contribution is 7.99. The van der Waals surface area contributed by atoms with E-state index in [9.17, 15) is 18.0 Å². The molecule has 1 aliphatic heterocycles. The quantitative estimate of drug-likeness (QED) is 0.458. The van der Waals surface area contributed by atoms with Crippen molar-refractivity contribution in [2.45, 2.75) is 49.7 Å². The second kappa shape index (κ2) is 11.2. The molecule has 0 radical (unpaired) electrons. The van der Waals surface area contributed by atoms with Crippen LogP contribution in [0.25, 0.3) is 0 Å². The summed E-state index contributed by atoms with van der Waals surface area (Å²) in [6, 6.07) is 11.0. The number of thioether (sulfide) groups is 1. The molecule has 5 nitrogen and oxygen atoms in total. The lowest BCUT2D eigenvalue weighted by Gasteiger charge is -2.24. The summed E-state index contributed by atoms with van der Waals surface area (Å²) in [4.78, 5) is 24.0. The molecule has 0 saturated carbocycles. The highest BCUT2D eigenvalue weighted by atomic mass is 32.2. The molecule has 184 valence electrons. The highest BCUT2D eigenvalue weighted by Gasteiger charge is 2.38. The van der Waals surface area contributed by atoms with E-state index in [-0.39, 0.29) is 29.1 Å². The molecule has 0 spiro atoms. The summed E-state index contributed by atoms with van der Waals surface area (Å²) >= 11 is 1.49. The topological polar surface area (TPSA) is 58.1 Å². The lowest BCUT2D eigenvalue weighted by Crippen LogP contribution is -2.43. The van der Waals surface area contributed by atoms with E-state index in [1.54, 1.807) is 12.1 Å². The standard InChI is InChI=1S/C26H27F3N4OS/c1-16-10-17(2)32-26(31-16)35-22-13-24(25(34)30-9-8-18-4-3-5-20(27)11-18)33(15-22)14-19-12-21(28)6-7-23(19)29/h3-7,10-12,22,24H,8-9,13-15H2,1-2H3,(H,30,34)/t22-,24-/m0/s1. The van der Waals surface area contributed by atoms with Gasteiger partial charge in [0.05, 0.1) is 6.04 Å². The average molecular weight is 501 g/mol. The molecule has 2 atom stereocenters. The third-order valence-electron chi connectivity index (χ3n) is 5.88. The van der Waals surface area contributed by atoms with E-state index in [0.29, 0.717) is 31.1 Å². The van der Waals surface area contributed by atoms with Gasteiger partial charge in [0.1, 0.15) is 17.5 Å². The molecule has 1 fully saturated rings. The summed E-state index contributed by atoms with van der Waals surface area (Å²) < 4.78 is 41.5. The van der Waals surface area contributed by atoms with Crippen LogP contribution in [0.3, 0.4) is 0 Å². The van der Waals surface area contributed by atoms with Crippen molar-refractivity contribution in [3.05, 3.63) is 88.5 Å². The first kappa shape index (κ1) is 25.2. The number of halogens is 3. The van der Waals surface area contributed by atoms with Gasteiger partial charge >= 0.3 is 0 Å². The number of carbonyl (C=O) groups is 1. The van der Waals surface area contributed by atoms with Gasteiger partial charge in [0.15, 0.2) is 5.16 Å². The number of aryl methyl sites for hydroxylation is 2. The molecular weight excluding hydrogens is 473 g/mol. The second-order valence-corrected chi connectivity index (χ2v) is 10.0. The minimum absolute atomic E-state index is 0.00629. The maximum absolute atomic E-state index is 14.4. The first-order valence-corrected chi connectivity index (χ1v) is 12.3. The van der Waals surface area contributed by atoms with Gasteiger partial charge in [-0.15, -0.1) is 0 Å². The molecule has 0 bridgehead atoms. The van der Waals surface area contributed by atoms with Gasteiger partial charge in [0, 0.05) is 41.8 Å². The fourth-order valence-corrected chi connectivity index (χ4v) is 5.55. The largest absolute Gasteiger partial charge is 0.354 e. The number of hydrogen-bond donors (Lipinski definition) is 1. The Balaban J connectivity index is 1.46. The lowest BCUT2D eigenvalue weighted by atomic mass is 10.1. The van der Waals surface area contributed by atoms with Gasteiger partial charge in [0.25, 0.3) is 0 Å². The molecule has 9 heteroatoms. The van der Waals surface area contributed by atoms with Crippen LogP contribution in [0.1, 0.15) is 28.9 Å². The maximum Gasteiger partial charge on any atom is 0.237 e. The maximum atomic E-state index is 14.4. The number of benzene rings is 2. The third-order valence-corrected chi connectivity index (χ3v) is 6.95. The minimum Gasteiger partial charge on any atom is -0.354 e. The van der Waals surface area contributed by atoms with Gasteiger partial charge in [-0.3, -0.25) is 9.69 Å². The molecule has 2 heterocycles. The summed E-state index contributed by atoms with van der Waals surface area (Å²) in [5.74, 6) is -1.54. The second-order valence-electron chi connectivity index (χ2n) is 8.76. The average Bonchev–Trinajstić information content (AvgIpc) is 3.17. The summed E-state index contributed by atoms with van der Waals surface area (Å²) in [5.41, 5.74) is 2.72. The SMILES string of the molecule is Cc1cc(C)nc(S[C@H]2C[C@@H](C(=O)NCCc3cccc(F)c3)N(Cc3cc(F)ccc3F)C2)n1. The number of nitrogens with one attached hydrogen (secondary N) is 1. The van der Waals surface area contributed by atoms with Crippen molar-refractivity contribution >= 4 is 17.7 Å². The summed E-state index contributed by atoms with van der Waals surface area (Å²) in [7, 11) is 0. The van der Waals surface area contributed by atoms with Crippen molar-refractivity contribution in [2.75, 3.05) is 13.1 Å². The molecule has 1 amide bonds. The fourth-order valence-electron chi connectivity index (χ4n) is 4.31. The molecule has 2 aromatic carbocycles. The van der Waals surface area contributed by atoms with Gasteiger partial charge in [0.2, 0.25) is 5.91 Å². The predicted octanol–water partition coefficient (Wildman–Crippen LogP) is 4.60. The van der Waals surface area contributed by atoms with E-state index in [1.165, 1.54) is 30.0 Å². The van der Waals surface area contributed by atoms with E-state index in [2.05, 4.69) is 15.3 Å². The van der Waals surface area contributed by atoms with Crippen LogP contribution in [0, 0.1) is 31.3 Å². The van der Waals surface area contributed by atoms with Gasteiger partial charge in [-0.25, -0.2) is 23.1 Å². The Morgan fingerprint density at radius 3 is 2.54 bits per heavy atom. The predicted molar refractivity (Wildman–Crippen MR) is 129 cm³/mol. The van der Waals surface area contributed by atoms with Gasteiger partial charge in [-0.05, 0) is 68.7 Å². The number of rotatable bonds is 8. The lowest BCUT2D eigenvalue weighted by molar-refractivity contribution is -0.125. The van der Waals surface area contributed by atoms with Crippen LogP contribution in [0.5, 0.6) is 0 Å². The molecule has 1 saturated heterocycles. The molecule has 0 unspecified atom stereocenters. The fraction of sp³-hybridized carbons (Fsp3) is 0.346. The number of aromatic nitrogens is 2. The Morgan fingerprint density at radius 1 is 1.06 bits per heavy atom. The zero-order valence-electron chi connectivity index (χ0n) is 19.6. The van der Waals surface area contributed by atoms with Gasteiger partial charge < -0.3 is 5.32 Å². The van der Waals surface area contributed by atoms with E-state index in [0.717, 1.165) is 29.1 Å². The van der Waals surface area contributed by atoms with E-state index < -0.39 is 17.7 Å². The number of amides is 1. The van der Waals surface area contributed by atoms with Crippen molar-refractivity contribution in [3.8, 4) is 0 Å². The smallest absolute Gasteiger partial charge is 0.237 e. The van der Waals surface area contributed by atoms with Gasteiger partial charge in [-0.1, -0.05) is 23.9 Å². The van der Waals surface area contributed by atoms with Crippen molar-refractivity contribution in [3.63, 3.8) is 0 Å². The van der Waals surface area contributed by atoms with Gasteiger partial charge in [-0.2, -0.15) is 0 Å². The van der Waals surface area contributed by atoms with Crippen molar-refractivity contribution < 1.29 is 18.0 Å². The Hall–Kier alpha value is -2.91. The van der Waals surface area contributed by atoms with Crippen molar-refractivity contribution in [2.24, 2.45) is 0 Å². The van der Waals surface area contributed by atoms with Crippen molar-refractivity contribution in [1.82, 2.24) is 20.2 Å². The molecule has 0 aliphatic carbocycles.